The molecular weight excluding hydrogens is 226 g/mol. The third-order valence-corrected chi connectivity index (χ3v) is 2.65. The number of nitrogens with zero attached hydrogens (tertiary/aromatic N) is 1. The van der Waals surface area contributed by atoms with E-state index in [4.69, 9.17) is 4.74 Å². The monoisotopic (exact) mass is 243 g/mol. The van der Waals surface area contributed by atoms with Crippen molar-refractivity contribution in [1.29, 1.82) is 0 Å². The largest absolute Gasteiger partial charge is 0.494 e. The average molecular weight is 243 g/mol. The van der Waals surface area contributed by atoms with Crippen LogP contribution in [0.25, 0.3) is 0 Å². The molecule has 0 N–H and O–H groups in total. The van der Waals surface area contributed by atoms with Crippen LogP contribution in [0.15, 0.2) is 53.5 Å². The molecule has 0 fully saturated rings. The molecule has 1 aromatic heterocycles. The number of rotatable bonds is 5. The summed E-state index contributed by atoms with van der Waals surface area (Å²) in [7, 11) is 0. The average Bonchev–Trinajstić information content (AvgIpc) is 2.41. The van der Waals surface area contributed by atoms with Gasteiger partial charge >= 0.3 is 0 Å². The summed E-state index contributed by atoms with van der Waals surface area (Å²) in [6.07, 6.45) is 2.80. The molecule has 0 unspecified atom stereocenters. The van der Waals surface area contributed by atoms with Crippen LogP contribution in [0.3, 0.4) is 0 Å². The van der Waals surface area contributed by atoms with E-state index in [9.17, 15) is 4.79 Å². The van der Waals surface area contributed by atoms with Gasteiger partial charge in [0, 0.05) is 12.3 Å². The maximum atomic E-state index is 11.6. The molecule has 2 rings (SSSR count). The van der Waals surface area contributed by atoms with Gasteiger partial charge < -0.3 is 9.30 Å². The lowest BCUT2D eigenvalue weighted by Gasteiger charge is -2.07. The fourth-order valence-electron chi connectivity index (χ4n) is 1.70. The Hall–Kier alpha value is -2.03. The summed E-state index contributed by atoms with van der Waals surface area (Å²) < 4.78 is 7.20. The molecule has 0 saturated heterocycles. The Kier molecular flexibility index (Phi) is 4.18. The zero-order chi connectivity index (χ0) is 12.8. The Morgan fingerprint density at radius 2 is 1.89 bits per heavy atom. The molecule has 0 aliphatic carbocycles. The molecule has 0 aliphatic rings. The minimum Gasteiger partial charge on any atom is -0.494 e. The molecule has 1 heterocycles. The van der Waals surface area contributed by atoms with E-state index in [1.807, 2.05) is 30.3 Å². The first-order valence-electron chi connectivity index (χ1n) is 6.17. The van der Waals surface area contributed by atoms with E-state index in [0.717, 1.165) is 24.3 Å². The number of aromatic nitrogens is 1. The van der Waals surface area contributed by atoms with Crippen LogP contribution in [0.2, 0.25) is 0 Å². The fraction of sp³-hybridized carbons (Fsp3) is 0.267. The Bertz CT molecular complexity index is 543. The van der Waals surface area contributed by atoms with Crippen molar-refractivity contribution >= 4 is 0 Å². The Morgan fingerprint density at radius 1 is 1.11 bits per heavy atom. The van der Waals surface area contributed by atoms with Gasteiger partial charge in [0.2, 0.25) is 0 Å². The quantitative estimate of drug-likeness (QED) is 0.808. The van der Waals surface area contributed by atoms with E-state index in [0.29, 0.717) is 6.54 Å². The normalized spacial score (nSPS) is 10.3. The van der Waals surface area contributed by atoms with Gasteiger partial charge in [-0.15, -0.1) is 0 Å². The van der Waals surface area contributed by atoms with Gasteiger partial charge in [0.15, 0.2) is 0 Å². The SMILES string of the molecule is CCCOc1ccc(Cn2ccccc2=O)cc1. The van der Waals surface area contributed by atoms with E-state index < -0.39 is 0 Å². The summed E-state index contributed by atoms with van der Waals surface area (Å²) in [4.78, 5) is 11.6. The van der Waals surface area contributed by atoms with Crippen molar-refractivity contribution in [2.75, 3.05) is 6.61 Å². The summed E-state index contributed by atoms with van der Waals surface area (Å²) in [5.41, 5.74) is 1.11. The second kappa shape index (κ2) is 6.05. The first-order chi connectivity index (χ1) is 8.79. The Morgan fingerprint density at radius 3 is 2.56 bits per heavy atom. The van der Waals surface area contributed by atoms with Crippen LogP contribution in [0.5, 0.6) is 5.75 Å². The highest BCUT2D eigenvalue weighted by atomic mass is 16.5. The van der Waals surface area contributed by atoms with E-state index in [2.05, 4.69) is 6.92 Å². The van der Waals surface area contributed by atoms with Crippen LogP contribution in [-0.4, -0.2) is 11.2 Å². The number of ether oxygens (including phenoxy) is 1. The zero-order valence-corrected chi connectivity index (χ0v) is 10.5. The van der Waals surface area contributed by atoms with E-state index >= 15 is 0 Å². The van der Waals surface area contributed by atoms with Gasteiger partial charge in [0.1, 0.15) is 5.75 Å². The zero-order valence-electron chi connectivity index (χ0n) is 10.5. The standard InChI is InChI=1S/C15H17NO2/c1-2-11-18-14-8-6-13(7-9-14)12-16-10-4-3-5-15(16)17/h3-10H,2,11-12H2,1H3. The molecule has 2 aromatic rings. The predicted molar refractivity (Wildman–Crippen MR) is 72.0 cm³/mol. The highest BCUT2D eigenvalue weighted by Crippen LogP contribution is 2.12. The maximum absolute atomic E-state index is 11.6. The van der Waals surface area contributed by atoms with Crippen LogP contribution < -0.4 is 10.3 Å². The summed E-state index contributed by atoms with van der Waals surface area (Å²) in [6, 6.07) is 13.0. The lowest BCUT2D eigenvalue weighted by Crippen LogP contribution is -2.18. The molecule has 3 nitrogen and oxygen atoms in total. The van der Waals surface area contributed by atoms with E-state index in [1.54, 1.807) is 22.9 Å². The van der Waals surface area contributed by atoms with E-state index in [1.165, 1.54) is 0 Å². The van der Waals surface area contributed by atoms with Crippen molar-refractivity contribution in [2.24, 2.45) is 0 Å². The molecule has 0 amide bonds. The fourth-order valence-corrected chi connectivity index (χ4v) is 1.70. The number of benzene rings is 1. The van der Waals surface area contributed by atoms with Gasteiger partial charge in [-0.25, -0.2) is 0 Å². The molecule has 3 heteroatoms. The van der Waals surface area contributed by atoms with Gasteiger partial charge in [-0.1, -0.05) is 25.1 Å². The van der Waals surface area contributed by atoms with Gasteiger partial charge in [0.25, 0.3) is 5.56 Å². The van der Waals surface area contributed by atoms with Crippen LogP contribution in [0.4, 0.5) is 0 Å². The van der Waals surface area contributed by atoms with Gasteiger partial charge in [-0.05, 0) is 30.2 Å². The summed E-state index contributed by atoms with van der Waals surface area (Å²) >= 11 is 0. The highest BCUT2D eigenvalue weighted by molar-refractivity contribution is 5.27. The topological polar surface area (TPSA) is 31.2 Å². The molecule has 0 aliphatic heterocycles. The lowest BCUT2D eigenvalue weighted by molar-refractivity contribution is 0.317. The van der Waals surface area contributed by atoms with Crippen molar-refractivity contribution in [2.45, 2.75) is 19.9 Å². The Labute approximate surface area is 107 Å². The second-order valence-electron chi connectivity index (χ2n) is 4.16. The number of hydrogen-bond acceptors (Lipinski definition) is 2. The summed E-state index contributed by atoms with van der Waals surface area (Å²) in [5, 5.41) is 0. The minimum absolute atomic E-state index is 0.0174. The van der Waals surface area contributed by atoms with Crippen LogP contribution >= 0.6 is 0 Å². The van der Waals surface area contributed by atoms with Crippen LogP contribution in [0.1, 0.15) is 18.9 Å². The van der Waals surface area contributed by atoms with Gasteiger partial charge in [-0.3, -0.25) is 4.79 Å². The lowest BCUT2D eigenvalue weighted by atomic mass is 10.2. The molecule has 0 saturated carbocycles. The van der Waals surface area contributed by atoms with Crippen molar-refractivity contribution in [3.05, 3.63) is 64.6 Å². The predicted octanol–water partition coefficient (Wildman–Crippen LogP) is 2.69. The van der Waals surface area contributed by atoms with Crippen molar-refractivity contribution in [3.63, 3.8) is 0 Å². The minimum atomic E-state index is 0.0174. The summed E-state index contributed by atoms with van der Waals surface area (Å²) in [6.45, 7) is 3.40. The number of pyridine rings is 1. The van der Waals surface area contributed by atoms with Crippen molar-refractivity contribution in [1.82, 2.24) is 4.57 Å². The maximum Gasteiger partial charge on any atom is 0.250 e. The second-order valence-corrected chi connectivity index (χ2v) is 4.16. The first-order valence-corrected chi connectivity index (χ1v) is 6.17. The third kappa shape index (κ3) is 3.23. The Balaban J connectivity index is 2.07. The molecule has 18 heavy (non-hydrogen) atoms. The smallest absolute Gasteiger partial charge is 0.250 e. The molecule has 0 spiro atoms. The van der Waals surface area contributed by atoms with Crippen molar-refractivity contribution < 1.29 is 4.74 Å². The molecular formula is C15H17NO2. The molecule has 94 valence electrons. The van der Waals surface area contributed by atoms with Gasteiger partial charge in [0.05, 0.1) is 13.2 Å². The van der Waals surface area contributed by atoms with Crippen molar-refractivity contribution in [3.8, 4) is 5.75 Å². The molecule has 0 radical (unpaired) electrons. The van der Waals surface area contributed by atoms with Crippen LogP contribution in [0, 0.1) is 0 Å². The van der Waals surface area contributed by atoms with E-state index in [-0.39, 0.29) is 5.56 Å². The summed E-state index contributed by atoms with van der Waals surface area (Å²) in [5.74, 6) is 0.876. The first kappa shape index (κ1) is 12.4. The third-order valence-electron chi connectivity index (χ3n) is 2.65. The van der Waals surface area contributed by atoms with Gasteiger partial charge in [-0.2, -0.15) is 0 Å². The molecule has 0 bridgehead atoms. The molecule has 0 atom stereocenters. The molecule has 1 aromatic carbocycles. The number of hydrogen-bond donors (Lipinski definition) is 0. The van der Waals surface area contributed by atoms with Crippen LogP contribution in [-0.2, 0) is 6.54 Å². The highest BCUT2D eigenvalue weighted by Gasteiger charge is 1.98.